The molecule has 0 unspecified atom stereocenters. The molecule has 0 radical (unpaired) electrons. The van der Waals surface area contributed by atoms with Gasteiger partial charge in [0.2, 0.25) is 0 Å². The molecule has 5 heterocycles. The summed E-state index contributed by atoms with van der Waals surface area (Å²) in [6.45, 7) is 0. The van der Waals surface area contributed by atoms with Crippen LogP contribution in [-0.4, -0.2) is 13.8 Å². The van der Waals surface area contributed by atoms with E-state index in [2.05, 4.69) is 197 Å². The maximum absolute atomic E-state index is 5.31. The summed E-state index contributed by atoms with van der Waals surface area (Å²) in [7, 11) is 0. The topological polar surface area (TPSA) is 21.7 Å². The summed E-state index contributed by atoms with van der Waals surface area (Å²) in [5, 5.41) is 10.2. The summed E-state index contributed by atoms with van der Waals surface area (Å²) in [6, 6.07) is 68.8. The van der Waals surface area contributed by atoms with Gasteiger partial charge in [0, 0.05) is 54.2 Å². The molecule has 3 heteroatoms. The Hall–Kier alpha value is -7.49. The molecule has 0 bridgehead atoms. The van der Waals surface area contributed by atoms with Gasteiger partial charge < -0.3 is 8.80 Å². The number of hydrogen-bond donors (Lipinski definition) is 0. The zero-order chi connectivity index (χ0) is 36.5. The largest absolute Gasteiger partial charge is 0.308 e. The van der Waals surface area contributed by atoms with Gasteiger partial charge in [0.1, 0.15) is 0 Å². The first-order valence-corrected chi connectivity index (χ1v) is 19.3. The monoisotopic (exact) mass is 709 g/mol. The summed E-state index contributed by atoms with van der Waals surface area (Å²) in [6.07, 6.45) is 0. The van der Waals surface area contributed by atoms with Crippen LogP contribution in [0.1, 0.15) is 0 Å². The van der Waals surface area contributed by atoms with Crippen molar-refractivity contribution in [3.63, 3.8) is 0 Å². The van der Waals surface area contributed by atoms with Gasteiger partial charge in [-0.05, 0) is 89.0 Å². The molecule has 0 aliphatic carbocycles. The van der Waals surface area contributed by atoms with Crippen molar-refractivity contribution in [3.8, 4) is 44.8 Å². The summed E-state index contributed by atoms with van der Waals surface area (Å²) in [4.78, 5) is 5.31. The lowest BCUT2D eigenvalue weighted by Gasteiger charge is -2.11. The average molecular weight is 710 g/mol. The quantitative estimate of drug-likeness (QED) is 0.178. The molecule has 0 spiro atoms. The predicted molar refractivity (Wildman–Crippen MR) is 235 cm³/mol. The number of para-hydroxylation sites is 3. The van der Waals surface area contributed by atoms with Crippen molar-refractivity contribution >= 4 is 76.2 Å². The highest BCUT2D eigenvalue weighted by atomic mass is 14.9. The van der Waals surface area contributed by atoms with Gasteiger partial charge in [-0.25, -0.2) is 4.98 Å². The van der Waals surface area contributed by atoms with Crippen LogP contribution in [0.4, 0.5) is 0 Å². The molecule has 0 saturated carbocycles. The van der Waals surface area contributed by atoms with E-state index in [0.717, 1.165) is 28.1 Å². The van der Waals surface area contributed by atoms with E-state index in [4.69, 9.17) is 4.98 Å². The predicted octanol–water partition coefficient (Wildman–Crippen LogP) is 14.0. The molecule has 0 N–H and O–H groups in total. The lowest BCUT2D eigenvalue weighted by Crippen LogP contribution is -1.91. The molecule has 0 amide bonds. The van der Waals surface area contributed by atoms with E-state index in [1.165, 1.54) is 92.9 Å². The van der Waals surface area contributed by atoms with E-state index in [9.17, 15) is 0 Å². The van der Waals surface area contributed by atoms with E-state index in [1.54, 1.807) is 0 Å². The lowest BCUT2D eigenvalue weighted by atomic mass is 9.95. The van der Waals surface area contributed by atoms with Gasteiger partial charge in [0.05, 0.1) is 44.5 Å². The van der Waals surface area contributed by atoms with Gasteiger partial charge in [0.25, 0.3) is 0 Å². The fourth-order valence-corrected chi connectivity index (χ4v) is 9.67. The second kappa shape index (κ2) is 11.0. The molecule has 0 saturated heterocycles. The number of aromatic nitrogens is 3. The van der Waals surface area contributed by atoms with Crippen LogP contribution in [-0.2, 0) is 0 Å². The molecule has 3 nitrogen and oxygen atoms in total. The zero-order valence-electron chi connectivity index (χ0n) is 30.2. The van der Waals surface area contributed by atoms with Crippen molar-refractivity contribution in [2.75, 3.05) is 0 Å². The first kappa shape index (κ1) is 29.9. The molecule has 258 valence electrons. The smallest absolute Gasteiger partial charge is 0.0715 e. The fourth-order valence-electron chi connectivity index (χ4n) is 9.67. The van der Waals surface area contributed by atoms with Crippen LogP contribution in [0.5, 0.6) is 0 Å². The Balaban J connectivity index is 1.09. The second-order valence-electron chi connectivity index (χ2n) is 15.2. The van der Waals surface area contributed by atoms with Gasteiger partial charge in [0.15, 0.2) is 0 Å². The SMILES string of the molecule is c1ccc(-c2cc(-c3ccccc3)nc(-c3ccc4c(c3)c3cc(-c5cc6c7ccccc7n7c8ccccc8c(c5)c67)cc5c6ccccc6n4c53)c2)cc1. The van der Waals surface area contributed by atoms with Gasteiger partial charge >= 0.3 is 0 Å². The normalized spacial score (nSPS) is 12.3. The number of rotatable bonds is 4. The maximum Gasteiger partial charge on any atom is 0.0715 e. The molecule has 8 aromatic carbocycles. The third-order valence-corrected chi connectivity index (χ3v) is 12.1. The van der Waals surface area contributed by atoms with Crippen LogP contribution in [0.25, 0.3) is 121 Å². The third kappa shape index (κ3) is 4.04. The van der Waals surface area contributed by atoms with Gasteiger partial charge in [-0.2, -0.15) is 0 Å². The highest BCUT2D eigenvalue weighted by Crippen LogP contribution is 2.46. The van der Waals surface area contributed by atoms with Gasteiger partial charge in [-0.15, -0.1) is 0 Å². The molecular weight excluding hydrogens is 679 g/mol. The fraction of sp³-hybridized carbons (Fsp3) is 0. The average Bonchev–Trinajstić information content (AvgIpc) is 4.00. The Morgan fingerprint density at radius 1 is 0.250 bits per heavy atom. The van der Waals surface area contributed by atoms with Crippen LogP contribution >= 0.6 is 0 Å². The van der Waals surface area contributed by atoms with E-state index < -0.39 is 0 Å². The molecule has 13 rings (SSSR count). The number of nitrogens with zero attached hydrogens (tertiary/aromatic N) is 3. The number of hydrogen-bond acceptors (Lipinski definition) is 1. The van der Waals surface area contributed by atoms with E-state index in [1.807, 2.05) is 0 Å². The van der Waals surface area contributed by atoms with Crippen molar-refractivity contribution in [2.24, 2.45) is 0 Å². The van der Waals surface area contributed by atoms with Crippen LogP contribution in [0, 0.1) is 0 Å². The minimum Gasteiger partial charge on any atom is -0.308 e. The molecule has 13 aromatic rings. The molecule has 0 atom stereocenters. The number of fused-ring (bicyclic) bond motifs is 12. The zero-order valence-corrected chi connectivity index (χ0v) is 30.2. The minimum absolute atomic E-state index is 0.963. The van der Waals surface area contributed by atoms with Crippen molar-refractivity contribution < 1.29 is 0 Å². The Kier molecular flexibility index (Phi) is 5.89. The molecular formula is C53H31N3. The molecule has 56 heavy (non-hydrogen) atoms. The summed E-state index contributed by atoms with van der Waals surface area (Å²) < 4.78 is 4.93. The Labute approximate surface area is 321 Å². The molecule has 0 aliphatic rings. The summed E-state index contributed by atoms with van der Waals surface area (Å²) in [5.41, 5.74) is 16.5. The molecule has 0 fully saturated rings. The third-order valence-electron chi connectivity index (χ3n) is 12.1. The Morgan fingerprint density at radius 3 is 1.14 bits per heavy atom. The Bertz CT molecular complexity index is 3540. The molecule has 5 aromatic heterocycles. The number of pyridine rings is 1. The lowest BCUT2D eigenvalue weighted by molar-refractivity contribution is 1.32. The van der Waals surface area contributed by atoms with Gasteiger partial charge in [-0.1, -0.05) is 121 Å². The van der Waals surface area contributed by atoms with Crippen molar-refractivity contribution in [3.05, 3.63) is 188 Å². The summed E-state index contributed by atoms with van der Waals surface area (Å²) in [5.74, 6) is 0. The van der Waals surface area contributed by atoms with E-state index >= 15 is 0 Å². The van der Waals surface area contributed by atoms with E-state index in [-0.39, 0.29) is 0 Å². The number of benzene rings is 8. The van der Waals surface area contributed by atoms with Gasteiger partial charge in [-0.3, -0.25) is 0 Å². The summed E-state index contributed by atoms with van der Waals surface area (Å²) >= 11 is 0. The van der Waals surface area contributed by atoms with Crippen molar-refractivity contribution in [1.82, 2.24) is 13.8 Å². The van der Waals surface area contributed by atoms with Crippen molar-refractivity contribution in [2.45, 2.75) is 0 Å². The standard InChI is InChI=1S/C53H31N3/c1-3-13-32(14-4-1)37-30-46(33-15-5-2-6-16-33)54-47(31-37)34-23-24-51-41(25-34)45-29-36(28-44-40-19-9-12-22-50(40)56(51)53(44)45)35-26-42-38-17-7-10-20-48(38)55-49-21-11-8-18-39(49)43(27-35)52(42)55/h1-31H. The van der Waals surface area contributed by atoms with E-state index in [0.29, 0.717) is 0 Å². The van der Waals surface area contributed by atoms with Crippen LogP contribution in [0.3, 0.4) is 0 Å². The van der Waals surface area contributed by atoms with Crippen LogP contribution < -0.4 is 0 Å². The highest BCUT2D eigenvalue weighted by Gasteiger charge is 2.22. The maximum atomic E-state index is 5.31. The first-order valence-electron chi connectivity index (χ1n) is 19.3. The van der Waals surface area contributed by atoms with Crippen molar-refractivity contribution in [1.29, 1.82) is 0 Å². The Morgan fingerprint density at radius 2 is 0.625 bits per heavy atom. The molecule has 0 aliphatic heterocycles. The second-order valence-corrected chi connectivity index (χ2v) is 15.2. The first-order chi connectivity index (χ1) is 27.8. The van der Waals surface area contributed by atoms with Crippen LogP contribution in [0.15, 0.2) is 188 Å². The highest BCUT2D eigenvalue weighted by molar-refractivity contribution is 6.27. The van der Waals surface area contributed by atoms with Crippen LogP contribution in [0.2, 0.25) is 0 Å². The minimum atomic E-state index is 0.963.